The minimum absolute atomic E-state index is 0.184. The van der Waals surface area contributed by atoms with Gasteiger partial charge in [-0.15, -0.1) is 0 Å². The molecule has 11 rings (SSSR count). The van der Waals surface area contributed by atoms with Crippen LogP contribution in [0, 0.1) is 5.92 Å². The molecule has 1 aromatic heterocycles. The molecule has 7 aromatic carbocycles. The molecule has 1 spiro atoms. The molecule has 3 aliphatic carbocycles. The van der Waals surface area contributed by atoms with Gasteiger partial charge < -0.3 is 0 Å². The van der Waals surface area contributed by atoms with E-state index >= 15 is 0 Å². The summed E-state index contributed by atoms with van der Waals surface area (Å²) >= 11 is 0. The molecule has 8 aromatic rings. The quantitative estimate of drug-likeness (QED) is 0.186. The number of nitrogens with zero attached hydrogens (tertiary/aromatic N) is 2. The first-order valence-electron chi connectivity index (χ1n) is 18.5. The van der Waals surface area contributed by atoms with Gasteiger partial charge in [-0.05, 0) is 73.8 Å². The molecular weight excluding hydrogens is 641 g/mol. The van der Waals surface area contributed by atoms with Crippen molar-refractivity contribution in [3.63, 3.8) is 0 Å². The Labute approximate surface area is 309 Å². The smallest absolute Gasteiger partial charge is 0.160 e. The molecule has 1 heterocycles. The van der Waals surface area contributed by atoms with Gasteiger partial charge in [0.1, 0.15) is 0 Å². The Morgan fingerprint density at radius 2 is 1.04 bits per heavy atom. The molecule has 3 atom stereocenters. The fraction of sp³-hybridized carbons (Fsp3) is 0.0588. The fourth-order valence-electron chi connectivity index (χ4n) is 9.59. The Kier molecular flexibility index (Phi) is 6.63. The van der Waals surface area contributed by atoms with E-state index in [9.17, 15) is 0 Å². The molecule has 2 heteroatoms. The molecule has 0 fully saturated rings. The molecule has 0 saturated heterocycles. The number of hydrogen-bond donors (Lipinski definition) is 0. The number of fused-ring (bicyclic) bond motifs is 13. The highest BCUT2D eigenvalue weighted by Crippen LogP contribution is 2.64. The summed E-state index contributed by atoms with van der Waals surface area (Å²) in [4.78, 5) is 10.3. The lowest BCUT2D eigenvalue weighted by Gasteiger charge is -2.42. The summed E-state index contributed by atoms with van der Waals surface area (Å²) < 4.78 is 0. The van der Waals surface area contributed by atoms with Crippen molar-refractivity contribution < 1.29 is 0 Å². The molecule has 0 saturated carbocycles. The van der Waals surface area contributed by atoms with Crippen molar-refractivity contribution in [1.82, 2.24) is 9.97 Å². The molecule has 2 nitrogen and oxygen atoms in total. The second kappa shape index (κ2) is 11.7. The van der Waals surface area contributed by atoms with Gasteiger partial charge in [0, 0.05) is 28.3 Å². The molecular formula is C51H34N2. The lowest BCUT2D eigenvalue weighted by molar-refractivity contribution is 0.422. The number of aromatic nitrogens is 2. The Balaban J connectivity index is 1.13. The first kappa shape index (κ1) is 30.0. The van der Waals surface area contributed by atoms with Crippen LogP contribution in [0.5, 0.6) is 0 Å². The maximum atomic E-state index is 5.20. The van der Waals surface area contributed by atoms with Gasteiger partial charge in [-0.2, -0.15) is 0 Å². The summed E-state index contributed by atoms with van der Waals surface area (Å²) in [6.07, 6.45) is 9.41. The summed E-state index contributed by atoms with van der Waals surface area (Å²) in [5.41, 5.74) is 16.7. The van der Waals surface area contributed by atoms with Gasteiger partial charge in [0.15, 0.2) is 5.82 Å². The van der Waals surface area contributed by atoms with Crippen molar-refractivity contribution in [3.8, 4) is 56.0 Å². The normalized spacial score (nSPS) is 18.9. The number of benzene rings is 7. The molecule has 3 unspecified atom stereocenters. The van der Waals surface area contributed by atoms with E-state index in [4.69, 9.17) is 9.97 Å². The Morgan fingerprint density at radius 1 is 0.415 bits per heavy atom. The average molecular weight is 675 g/mol. The molecule has 0 amide bonds. The number of rotatable bonds is 3. The van der Waals surface area contributed by atoms with Crippen LogP contribution < -0.4 is 0 Å². The lowest BCUT2D eigenvalue weighted by atomic mass is 9.59. The lowest BCUT2D eigenvalue weighted by Crippen LogP contribution is -2.38. The summed E-state index contributed by atoms with van der Waals surface area (Å²) in [6, 6.07) is 62.0. The standard InChI is InChI=1S/C51H34N2/c1-2-15-33(16-3-1)49-43-24-9-13-28-48(43)52-50(53-49)36-18-14-17-34(31-36)35-29-30-42-41-23-8-12-27-46(41)51(47(42)32-35)44-25-10-6-21-39(44)37-19-4-5-20-38(37)40-22-7-11-26-45(40)51/h1-32,39,44H. The van der Waals surface area contributed by atoms with Gasteiger partial charge >= 0.3 is 0 Å². The van der Waals surface area contributed by atoms with Crippen LogP contribution in [0.3, 0.4) is 0 Å². The van der Waals surface area contributed by atoms with E-state index in [0.717, 1.165) is 39.1 Å². The number of hydrogen-bond acceptors (Lipinski definition) is 2. The minimum Gasteiger partial charge on any atom is -0.228 e. The second-order valence-corrected chi connectivity index (χ2v) is 14.4. The van der Waals surface area contributed by atoms with Crippen LogP contribution in [0.4, 0.5) is 0 Å². The van der Waals surface area contributed by atoms with Crippen molar-refractivity contribution >= 4 is 10.9 Å². The van der Waals surface area contributed by atoms with Crippen molar-refractivity contribution in [3.05, 3.63) is 216 Å². The maximum Gasteiger partial charge on any atom is 0.160 e. The van der Waals surface area contributed by atoms with Crippen molar-refractivity contribution in [2.45, 2.75) is 11.3 Å². The van der Waals surface area contributed by atoms with Crippen molar-refractivity contribution in [1.29, 1.82) is 0 Å². The van der Waals surface area contributed by atoms with Gasteiger partial charge in [0.05, 0.1) is 16.6 Å². The van der Waals surface area contributed by atoms with E-state index in [1.165, 1.54) is 50.1 Å². The monoisotopic (exact) mass is 674 g/mol. The SMILES string of the molecule is C1=CC2c3ccccc3-c3ccccc3C3(c4ccccc4-c4ccc(-c5cccc(-c6nc(-c7ccccc7)c7ccccc7n6)c5)cc43)C2C=C1. The van der Waals surface area contributed by atoms with E-state index < -0.39 is 5.41 Å². The zero-order valence-electron chi connectivity index (χ0n) is 29.0. The first-order valence-corrected chi connectivity index (χ1v) is 18.5. The molecule has 248 valence electrons. The fourth-order valence-corrected chi connectivity index (χ4v) is 9.59. The summed E-state index contributed by atoms with van der Waals surface area (Å²) in [6.45, 7) is 0. The Hall–Kier alpha value is -6.64. The van der Waals surface area contributed by atoms with Crippen LogP contribution >= 0.6 is 0 Å². The summed E-state index contributed by atoms with van der Waals surface area (Å²) in [7, 11) is 0. The van der Waals surface area contributed by atoms with E-state index in [1.54, 1.807) is 0 Å². The van der Waals surface area contributed by atoms with Crippen LogP contribution in [0.25, 0.3) is 66.9 Å². The number of para-hydroxylation sites is 1. The largest absolute Gasteiger partial charge is 0.228 e. The second-order valence-electron chi connectivity index (χ2n) is 14.4. The van der Waals surface area contributed by atoms with Crippen LogP contribution in [0.15, 0.2) is 194 Å². The summed E-state index contributed by atoms with van der Waals surface area (Å²) in [5.74, 6) is 1.13. The first-order chi connectivity index (χ1) is 26.3. The molecule has 3 aliphatic rings. The predicted molar refractivity (Wildman–Crippen MR) is 218 cm³/mol. The third-order valence-corrected chi connectivity index (χ3v) is 11.8. The van der Waals surface area contributed by atoms with E-state index in [2.05, 4.69) is 188 Å². The third-order valence-electron chi connectivity index (χ3n) is 11.8. The van der Waals surface area contributed by atoms with Crippen LogP contribution in [0.2, 0.25) is 0 Å². The minimum atomic E-state index is -0.396. The van der Waals surface area contributed by atoms with Gasteiger partial charge in [0.25, 0.3) is 0 Å². The van der Waals surface area contributed by atoms with Crippen molar-refractivity contribution in [2.24, 2.45) is 5.92 Å². The Bertz CT molecular complexity index is 2810. The van der Waals surface area contributed by atoms with E-state index in [-0.39, 0.29) is 11.8 Å². The average Bonchev–Trinajstić information content (AvgIpc) is 3.47. The topological polar surface area (TPSA) is 25.8 Å². The van der Waals surface area contributed by atoms with Crippen LogP contribution in [-0.2, 0) is 5.41 Å². The van der Waals surface area contributed by atoms with Crippen LogP contribution in [-0.4, -0.2) is 9.97 Å². The van der Waals surface area contributed by atoms with Gasteiger partial charge in [-0.1, -0.05) is 176 Å². The van der Waals surface area contributed by atoms with Crippen LogP contribution in [0.1, 0.15) is 28.2 Å². The molecule has 0 N–H and O–H groups in total. The zero-order valence-corrected chi connectivity index (χ0v) is 29.0. The maximum absolute atomic E-state index is 5.20. The predicted octanol–water partition coefficient (Wildman–Crippen LogP) is 12.5. The molecule has 0 bridgehead atoms. The number of allylic oxidation sites excluding steroid dienone is 4. The van der Waals surface area contributed by atoms with Gasteiger partial charge in [0.2, 0.25) is 0 Å². The summed E-state index contributed by atoms with van der Waals surface area (Å²) in [5, 5.41) is 1.05. The van der Waals surface area contributed by atoms with Crippen molar-refractivity contribution in [2.75, 3.05) is 0 Å². The molecule has 0 aliphatic heterocycles. The highest BCUT2D eigenvalue weighted by Gasteiger charge is 2.54. The van der Waals surface area contributed by atoms with Gasteiger partial charge in [-0.3, -0.25) is 0 Å². The molecule has 0 radical (unpaired) electrons. The van der Waals surface area contributed by atoms with E-state index in [1.807, 2.05) is 6.07 Å². The highest BCUT2D eigenvalue weighted by molar-refractivity contribution is 5.94. The van der Waals surface area contributed by atoms with Gasteiger partial charge in [-0.25, -0.2) is 9.97 Å². The molecule has 53 heavy (non-hydrogen) atoms. The third kappa shape index (κ3) is 4.39. The zero-order chi connectivity index (χ0) is 34.9. The highest BCUT2D eigenvalue weighted by atomic mass is 14.9. The Morgan fingerprint density at radius 3 is 1.89 bits per heavy atom. The van der Waals surface area contributed by atoms with E-state index in [0.29, 0.717) is 0 Å².